The number of thioether (sulfide) groups is 1. The van der Waals surface area contributed by atoms with E-state index in [4.69, 9.17) is 4.74 Å². The highest BCUT2D eigenvalue weighted by Crippen LogP contribution is 2.35. The molecule has 0 bridgehead atoms. The van der Waals surface area contributed by atoms with E-state index in [1.54, 1.807) is 18.2 Å². The maximum absolute atomic E-state index is 13.4. The van der Waals surface area contributed by atoms with Crippen LogP contribution in [0.1, 0.15) is 18.0 Å². The second kappa shape index (κ2) is 8.06. The molecule has 0 spiro atoms. The summed E-state index contributed by atoms with van der Waals surface area (Å²) in [4.78, 5) is 13.3. The number of ether oxygens (including phenoxy) is 1. The van der Waals surface area contributed by atoms with E-state index in [0.717, 1.165) is 17.7 Å². The molecule has 2 aromatic rings. The van der Waals surface area contributed by atoms with Crippen molar-refractivity contribution >= 4 is 17.8 Å². The first kappa shape index (κ1) is 16.6. The Bertz CT molecular complexity index is 711. The predicted octanol–water partition coefficient (Wildman–Crippen LogP) is 3.74. The van der Waals surface area contributed by atoms with Crippen molar-refractivity contribution in [2.24, 2.45) is 0 Å². The molecule has 0 aromatic heterocycles. The van der Waals surface area contributed by atoms with Crippen molar-refractivity contribution in [1.82, 2.24) is 10.6 Å². The molecule has 2 aromatic carbocycles. The fourth-order valence-corrected chi connectivity index (χ4v) is 3.71. The first-order valence-electron chi connectivity index (χ1n) is 7.87. The Morgan fingerprint density at radius 3 is 2.88 bits per heavy atom. The van der Waals surface area contributed by atoms with Crippen molar-refractivity contribution in [3.8, 4) is 5.75 Å². The first-order valence-corrected chi connectivity index (χ1v) is 8.86. The number of carbonyl (C=O) groups excluding carboxylic acids is 1. The molecule has 6 heteroatoms. The minimum absolute atomic E-state index is 0.0231. The number of halogens is 1. The van der Waals surface area contributed by atoms with Crippen molar-refractivity contribution in [2.45, 2.75) is 17.4 Å². The number of hydrogen-bond donors (Lipinski definition) is 2. The van der Waals surface area contributed by atoms with Crippen LogP contribution in [0.2, 0.25) is 0 Å². The van der Waals surface area contributed by atoms with Gasteiger partial charge in [-0.2, -0.15) is 0 Å². The molecule has 2 N–H and O–H groups in total. The third-order valence-corrected chi connectivity index (χ3v) is 4.87. The van der Waals surface area contributed by atoms with Crippen LogP contribution in [0.5, 0.6) is 5.75 Å². The lowest BCUT2D eigenvalue weighted by molar-refractivity contribution is 0.231. The highest BCUT2D eigenvalue weighted by Gasteiger charge is 2.21. The molecular weight excluding hydrogens is 327 g/mol. The molecule has 1 atom stereocenters. The van der Waals surface area contributed by atoms with Crippen molar-refractivity contribution in [1.29, 1.82) is 0 Å². The molecule has 2 amide bonds. The maximum atomic E-state index is 13.4. The van der Waals surface area contributed by atoms with Gasteiger partial charge in [0.2, 0.25) is 0 Å². The van der Waals surface area contributed by atoms with Crippen LogP contribution in [0.15, 0.2) is 53.4 Å². The largest absolute Gasteiger partial charge is 0.489 e. The van der Waals surface area contributed by atoms with Gasteiger partial charge >= 0.3 is 6.03 Å². The molecule has 126 valence electrons. The Hall–Kier alpha value is -2.21. The topological polar surface area (TPSA) is 50.4 Å². The van der Waals surface area contributed by atoms with Gasteiger partial charge in [-0.1, -0.05) is 30.3 Å². The van der Waals surface area contributed by atoms with Crippen LogP contribution in [-0.2, 0) is 0 Å². The number of para-hydroxylation sites is 1. The summed E-state index contributed by atoms with van der Waals surface area (Å²) in [7, 11) is 0. The lowest BCUT2D eigenvalue weighted by atomic mass is 10.0. The van der Waals surface area contributed by atoms with E-state index in [1.807, 2.05) is 30.0 Å². The molecule has 0 radical (unpaired) electrons. The van der Waals surface area contributed by atoms with Gasteiger partial charge in [-0.3, -0.25) is 0 Å². The summed E-state index contributed by atoms with van der Waals surface area (Å²) in [6, 6.07) is 14.1. The Labute approximate surface area is 144 Å². The zero-order valence-electron chi connectivity index (χ0n) is 13.1. The monoisotopic (exact) mass is 346 g/mol. The number of rotatable bonds is 5. The lowest BCUT2D eigenvalue weighted by Crippen LogP contribution is -2.40. The van der Waals surface area contributed by atoms with Crippen molar-refractivity contribution < 1.29 is 13.9 Å². The molecule has 0 fully saturated rings. The van der Waals surface area contributed by atoms with Gasteiger partial charge in [-0.15, -0.1) is 11.8 Å². The van der Waals surface area contributed by atoms with Gasteiger partial charge in [0.05, 0.1) is 12.6 Å². The molecule has 1 aliphatic heterocycles. The summed E-state index contributed by atoms with van der Waals surface area (Å²) in [5.74, 6) is 0.773. The van der Waals surface area contributed by atoms with Crippen LogP contribution in [0.25, 0.3) is 0 Å². The zero-order chi connectivity index (χ0) is 16.8. The van der Waals surface area contributed by atoms with Crippen molar-refractivity contribution in [3.63, 3.8) is 0 Å². The summed E-state index contributed by atoms with van der Waals surface area (Å²) in [6.07, 6.45) is 0.904. The first-order chi connectivity index (χ1) is 11.7. The molecule has 1 aliphatic rings. The third-order valence-electron chi connectivity index (χ3n) is 3.75. The van der Waals surface area contributed by atoms with E-state index in [-0.39, 0.29) is 24.4 Å². The van der Waals surface area contributed by atoms with E-state index < -0.39 is 5.82 Å². The molecule has 0 saturated heterocycles. The zero-order valence-corrected chi connectivity index (χ0v) is 13.9. The van der Waals surface area contributed by atoms with Crippen LogP contribution in [0.3, 0.4) is 0 Å². The number of urea groups is 1. The minimum atomic E-state index is -0.404. The van der Waals surface area contributed by atoms with E-state index in [0.29, 0.717) is 6.54 Å². The number of nitrogens with one attached hydrogen (secondary N) is 2. The molecule has 0 saturated carbocycles. The van der Waals surface area contributed by atoms with Crippen LogP contribution in [0.4, 0.5) is 9.18 Å². The fourth-order valence-electron chi connectivity index (χ4n) is 2.59. The SMILES string of the molecule is O=C(NCCOc1ccccc1F)N[C@H]1CCSc2ccccc21. The predicted molar refractivity (Wildman–Crippen MR) is 93.0 cm³/mol. The van der Waals surface area contributed by atoms with Gasteiger partial charge in [-0.25, -0.2) is 9.18 Å². The highest BCUT2D eigenvalue weighted by atomic mass is 32.2. The summed E-state index contributed by atoms with van der Waals surface area (Å²) in [6.45, 7) is 0.523. The van der Waals surface area contributed by atoms with Gasteiger partial charge in [0.1, 0.15) is 6.61 Å². The average Bonchev–Trinajstić information content (AvgIpc) is 2.60. The smallest absolute Gasteiger partial charge is 0.315 e. The lowest BCUT2D eigenvalue weighted by Gasteiger charge is -2.25. The van der Waals surface area contributed by atoms with Crippen molar-refractivity contribution in [2.75, 3.05) is 18.9 Å². The van der Waals surface area contributed by atoms with E-state index in [1.165, 1.54) is 11.0 Å². The van der Waals surface area contributed by atoms with Gasteiger partial charge in [0, 0.05) is 10.6 Å². The van der Waals surface area contributed by atoms with Crippen molar-refractivity contribution in [3.05, 3.63) is 59.9 Å². The molecular formula is C18H19FN2O2S. The van der Waals surface area contributed by atoms with E-state index in [9.17, 15) is 9.18 Å². The van der Waals surface area contributed by atoms with Crippen LogP contribution in [-0.4, -0.2) is 24.9 Å². The maximum Gasteiger partial charge on any atom is 0.315 e. The number of benzene rings is 2. The normalized spacial score (nSPS) is 16.1. The minimum Gasteiger partial charge on any atom is -0.489 e. The Kier molecular flexibility index (Phi) is 5.59. The van der Waals surface area contributed by atoms with E-state index in [2.05, 4.69) is 16.7 Å². The number of hydrogen-bond acceptors (Lipinski definition) is 3. The molecule has 4 nitrogen and oxygen atoms in total. The molecule has 0 unspecified atom stereocenters. The fraction of sp³-hybridized carbons (Fsp3) is 0.278. The van der Waals surface area contributed by atoms with Crippen LogP contribution < -0.4 is 15.4 Å². The Balaban J connectivity index is 1.44. The molecule has 3 rings (SSSR count). The van der Waals surface area contributed by atoms with Gasteiger partial charge in [-0.05, 0) is 30.2 Å². The highest BCUT2D eigenvalue weighted by molar-refractivity contribution is 7.99. The molecule has 0 aliphatic carbocycles. The Morgan fingerprint density at radius 2 is 2.00 bits per heavy atom. The average molecular weight is 346 g/mol. The van der Waals surface area contributed by atoms with E-state index >= 15 is 0 Å². The second-order valence-electron chi connectivity index (χ2n) is 5.41. The summed E-state index contributed by atoms with van der Waals surface area (Å²) < 4.78 is 18.7. The summed E-state index contributed by atoms with van der Waals surface area (Å²) >= 11 is 1.81. The molecule has 24 heavy (non-hydrogen) atoms. The quantitative estimate of drug-likeness (QED) is 0.811. The number of carbonyl (C=O) groups is 1. The molecule has 1 heterocycles. The number of amides is 2. The van der Waals surface area contributed by atoms with Gasteiger partial charge in [0.25, 0.3) is 0 Å². The second-order valence-corrected chi connectivity index (χ2v) is 6.54. The Morgan fingerprint density at radius 1 is 1.21 bits per heavy atom. The number of fused-ring (bicyclic) bond motifs is 1. The summed E-state index contributed by atoms with van der Waals surface area (Å²) in [5, 5.41) is 5.74. The van der Waals surface area contributed by atoms with Gasteiger partial charge < -0.3 is 15.4 Å². The van der Waals surface area contributed by atoms with Crippen LogP contribution >= 0.6 is 11.8 Å². The third kappa shape index (κ3) is 4.20. The van der Waals surface area contributed by atoms with Gasteiger partial charge in [0.15, 0.2) is 11.6 Å². The standard InChI is InChI=1S/C18H19FN2O2S/c19-14-6-2-3-7-16(14)23-11-10-20-18(22)21-15-9-12-24-17-8-4-1-5-13(15)17/h1-8,15H,9-12H2,(H2,20,21,22)/t15-/m0/s1. The summed E-state index contributed by atoms with van der Waals surface area (Å²) in [5.41, 5.74) is 1.16. The van der Waals surface area contributed by atoms with Crippen LogP contribution in [0, 0.1) is 5.82 Å².